The molecule has 98 valence electrons. The second-order valence-electron chi connectivity index (χ2n) is 4.86. The molecular weight excluding hydrogens is 241 g/mol. The van der Waals surface area contributed by atoms with Gasteiger partial charge in [-0.25, -0.2) is 4.39 Å². The van der Waals surface area contributed by atoms with Crippen molar-refractivity contribution in [3.05, 3.63) is 58.9 Å². The number of hydrogen-bond acceptors (Lipinski definition) is 2. The molecule has 0 bridgehead atoms. The Labute approximate surface area is 112 Å². The molecule has 1 aliphatic carbocycles. The molecule has 19 heavy (non-hydrogen) atoms. The molecule has 2 aromatic carbocycles. The molecule has 0 saturated heterocycles. The second kappa shape index (κ2) is 5.02. The molecule has 3 rings (SSSR count). The monoisotopic (exact) mass is 257 g/mol. The summed E-state index contributed by atoms with van der Waals surface area (Å²) in [5, 5.41) is 0. The average Bonchev–Trinajstić information content (AvgIpc) is 2.88. The number of fused-ring (bicyclic) bond motifs is 1. The molecule has 0 saturated carbocycles. The molecule has 0 atom stereocenters. The zero-order valence-corrected chi connectivity index (χ0v) is 10.7. The second-order valence-corrected chi connectivity index (χ2v) is 4.86. The van der Waals surface area contributed by atoms with Crippen molar-refractivity contribution in [1.29, 1.82) is 0 Å². The van der Waals surface area contributed by atoms with Crippen LogP contribution in [-0.4, -0.2) is 0 Å². The lowest BCUT2D eigenvalue weighted by Gasteiger charge is -2.09. The fraction of sp³-hybridized carbons (Fsp3) is 0.250. The topological polar surface area (TPSA) is 35.2 Å². The highest BCUT2D eigenvalue weighted by atomic mass is 19.1. The van der Waals surface area contributed by atoms with Crippen LogP contribution in [0.5, 0.6) is 11.5 Å². The standard InChI is InChI=1S/C16H16FNO/c17-15-8-11(10-18)4-7-16(15)19-14-6-5-12-2-1-3-13(12)9-14/h4-9H,1-3,10,18H2. The summed E-state index contributed by atoms with van der Waals surface area (Å²) in [5.41, 5.74) is 8.94. The highest BCUT2D eigenvalue weighted by Crippen LogP contribution is 2.30. The van der Waals surface area contributed by atoms with Crippen LogP contribution in [0, 0.1) is 5.82 Å². The predicted molar refractivity (Wildman–Crippen MR) is 72.8 cm³/mol. The van der Waals surface area contributed by atoms with Gasteiger partial charge in [0.15, 0.2) is 11.6 Å². The lowest BCUT2D eigenvalue weighted by molar-refractivity contribution is 0.441. The van der Waals surface area contributed by atoms with Gasteiger partial charge in [-0.15, -0.1) is 0 Å². The Bertz CT molecular complexity index is 610. The quantitative estimate of drug-likeness (QED) is 0.912. The number of nitrogens with two attached hydrogens (primary N) is 1. The highest BCUT2D eigenvalue weighted by Gasteiger charge is 2.12. The first kappa shape index (κ1) is 12.2. The van der Waals surface area contributed by atoms with Crippen LogP contribution in [0.4, 0.5) is 4.39 Å². The summed E-state index contributed by atoms with van der Waals surface area (Å²) in [4.78, 5) is 0. The lowest BCUT2D eigenvalue weighted by Crippen LogP contribution is -1.97. The van der Waals surface area contributed by atoms with E-state index in [-0.39, 0.29) is 11.6 Å². The number of ether oxygens (including phenoxy) is 1. The van der Waals surface area contributed by atoms with E-state index in [9.17, 15) is 4.39 Å². The number of hydrogen-bond donors (Lipinski definition) is 1. The van der Waals surface area contributed by atoms with Crippen LogP contribution in [0.2, 0.25) is 0 Å². The van der Waals surface area contributed by atoms with E-state index in [0.29, 0.717) is 12.3 Å². The van der Waals surface area contributed by atoms with Crippen LogP contribution in [0.25, 0.3) is 0 Å². The van der Waals surface area contributed by atoms with Crippen molar-refractivity contribution < 1.29 is 9.13 Å². The van der Waals surface area contributed by atoms with Crippen molar-refractivity contribution in [2.45, 2.75) is 25.8 Å². The van der Waals surface area contributed by atoms with E-state index in [2.05, 4.69) is 6.07 Å². The van der Waals surface area contributed by atoms with Gasteiger partial charge in [-0.05, 0) is 60.2 Å². The Balaban J connectivity index is 1.85. The Morgan fingerprint density at radius 3 is 2.68 bits per heavy atom. The van der Waals surface area contributed by atoms with Gasteiger partial charge in [0.1, 0.15) is 5.75 Å². The van der Waals surface area contributed by atoms with E-state index in [1.165, 1.54) is 23.6 Å². The number of halogens is 1. The maximum atomic E-state index is 13.8. The fourth-order valence-electron chi connectivity index (χ4n) is 2.49. The SMILES string of the molecule is NCc1ccc(Oc2ccc3c(c2)CCC3)c(F)c1. The smallest absolute Gasteiger partial charge is 0.166 e. The molecule has 0 fully saturated rings. The van der Waals surface area contributed by atoms with E-state index in [1.54, 1.807) is 12.1 Å². The minimum Gasteiger partial charge on any atom is -0.454 e. The van der Waals surface area contributed by atoms with Gasteiger partial charge < -0.3 is 10.5 Å². The van der Waals surface area contributed by atoms with Crippen molar-refractivity contribution >= 4 is 0 Å². The van der Waals surface area contributed by atoms with E-state index < -0.39 is 0 Å². The summed E-state index contributed by atoms with van der Waals surface area (Å²) in [6.45, 7) is 0.329. The van der Waals surface area contributed by atoms with E-state index >= 15 is 0 Å². The van der Waals surface area contributed by atoms with Crippen LogP contribution in [0.15, 0.2) is 36.4 Å². The average molecular weight is 257 g/mol. The Morgan fingerprint density at radius 2 is 1.89 bits per heavy atom. The highest BCUT2D eigenvalue weighted by molar-refractivity contribution is 5.41. The molecule has 0 amide bonds. The molecule has 0 heterocycles. The van der Waals surface area contributed by atoms with Gasteiger partial charge in [0.2, 0.25) is 0 Å². The van der Waals surface area contributed by atoms with Crippen molar-refractivity contribution in [3.63, 3.8) is 0 Å². The van der Waals surface area contributed by atoms with Crippen LogP contribution < -0.4 is 10.5 Å². The number of rotatable bonds is 3. The van der Waals surface area contributed by atoms with Crippen LogP contribution in [-0.2, 0) is 19.4 Å². The fourth-order valence-corrected chi connectivity index (χ4v) is 2.49. The normalized spacial score (nSPS) is 13.4. The van der Waals surface area contributed by atoms with Crippen LogP contribution in [0.1, 0.15) is 23.1 Å². The Morgan fingerprint density at radius 1 is 1.05 bits per heavy atom. The number of aryl methyl sites for hydroxylation is 2. The molecule has 0 aromatic heterocycles. The zero-order valence-electron chi connectivity index (χ0n) is 10.7. The van der Waals surface area contributed by atoms with Crippen molar-refractivity contribution in [1.82, 2.24) is 0 Å². The van der Waals surface area contributed by atoms with E-state index in [4.69, 9.17) is 10.5 Å². The molecule has 2 nitrogen and oxygen atoms in total. The molecule has 2 N–H and O–H groups in total. The summed E-state index contributed by atoms with van der Waals surface area (Å²) in [6.07, 6.45) is 3.41. The minimum absolute atomic E-state index is 0.246. The van der Waals surface area contributed by atoms with Crippen molar-refractivity contribution in [2.75, 3.05) is 0 Å². The molecule has 3 heteroatoms. The van der Waals surface area contributed by atoms with Crippen molar-refractivity contribution in [2.24, 2.45) is 5.73 Å². The maximum absolute atomic E-state index is 13.8. The maximum Gasteiger partial charge on any atom is 0.166 e. The van der Waals surface area contributed by atoms with Crippen LogP contribution >= 0.6 is 0 Å². The third-order valence-corrected chi connectivity index (χ3v) is 3.53. The third-order valence-electron chi connectivity index (χ3n) is 3.53. The summed E-state index contributed by atoms with van der Waals surface area (Å²) in [6, 6.07) is 10.8. The van der Waals surface area contributed by atoms with E-state index in [0.717, 1.165) is 18.4 Å². The lowest BCUT2D eigenvalue weighted by atomic mass is 10.1. The van der Waals surface area contributed by atoms with Gasteiger partial charge in [-0.2, -0.15) is 0 Å². The predicted octanol–water partition coefficient (Wildman–Crippen LogP) is 3.57. The van der Waals surface area contributed by atoms with Gasteiger partial charge in [-0.3, -0.25) is 0 Å². The Kier molecular flexibility index (Phi) is 3.22. The molecule has 1 aliphatic rings. The molecule has 0 radical (unpaired) electrons. The van der Waals surface area contributed by atoms with Gasteiger partial charge in [0, 0.05) is 6.54 Å². The zero-order chi connectivity index (χ0) is 13.2. The van der Waals surface area contributed by atoms with Gasteiger partial charge in [0.05, 0.1) is 0 Å². The molecule has 0 unspecified atom stereocenters. The first-order chi connectivity index (χ1) is 9.26. The van der Waals surface area contributed by atoms with Gasteiger partial charge in [-0.1, -0.05) is 12.1 Å². The Hall–Kier alpha value is -1.87. The summed E-state index contributed by atoms with van der Waals surface area (Å²) < 4.78 is 19.4. The largest absolute Gasteiger partial charge is 0.454 e. The van der Waals surface area contributed by atoms with Crippen LogP contribution in [0.3, 0.4) is 0 Å². The molecular formula is C16H16FNO. The molecule has 0 spiro atoms. The van der Waals surface area contributed by atoms with Gasteiger partial charge in [0.25, 0.3) is 0 Å². The molecule has 2 aromatic rings. The number of benzene rings is 2. The third kappa shape index (κ3) is 2.47. The summed E-state index contributed by atoms with van der Waals surface area (Å²) in [7, 11) is 0. The first-order valence-electron chi connectivity index (χ1n) is 6.54. The minimum atomic E-state index is -0.372. The summed E-state index contributed by atoms with van der Waals surface area (Å²) >= 11 is 0. The van der Waals surface area contributed by atoms with Gasteiger partial charge >= 0.3 is 0 Å². The summed E-state index contributed by atoms with van der Waals surface area (Å²) in [5.74, 6) is 0.568. The van der Waals surface area contributed by atoms with Crippen molar-refractivity contribution in [3.8, 4) is 11.5 Å². The molecule has 0 aliphatic heterocycles. The first-order valence-corrected chi connectivity index (χ1v) is 6.54. The van der Waals surface area contributed by atoms with E-state index in [1.807, 2.05) is 12.1 Å².